The summed E-state index contributed by atoms with van der Waals surface area (Å²) in [5, 5.41) is 2.86. The molecule has 7 heteroatoms. The monoisotopic (exact) mass is 363 g/mol. The molecule has 2 aromatic rings. The Morgan fingerprint density at radius 3 is 2.60 bits per heavy atom. The Balaban J connectivity index is 1.89. The van der Waals surface area contributed by atoms with Gasteiger partial charge in [-0.15, -0.1) is 0 Å². The molecule has 1 aliphatic carbocycles. The minimum absolute atomic E-state index is 0.120. The Bertz CT molecular complexity index is 801. The predicted molar refractivity (Wildman–Crippen MR) is 92.2 cm³/mol. The van der Waals surface area contributed by atoms with Crippen LogP contribution in [0.1, 0.15) is 18.9 Å². The van der Waals surface area contributed by atoms with Crippen molar-refractivity contribution in [2.75, 3.05) is 5.32 Å². The van der Waals surface area contributed by atoms with E-state index in [4.69, 9.17) is 0 Å². The number of rotatable bonds is 4. The summed E-state index contributed by atoms with van der Waals surface area (Å²) >= 11 is 0.969. The van der Waals surface area contributed by atoms with Crippen molar-refractivity contribution >= 4 is 17.7 Å². The van der Waals surface area contributed by atoms with Gasteiger partial charge in [0.15, 0.2) is 0 Å². The molecule has 1 aromatic carbocycles. The molecule has 3 rings (SSSR count). The zero-order valence-corrected chi connectivity index (χ0v) is 14.2. The number of allylic oxidation sites excluding steroid dienone is 3. The lowest BCUT2D eigenvalue weighted by Crippen LogP contribution is -2.12. The molecule has 0 bridgehead atoms. The number of hydrogen-bond acceptors (Lipinski definition) is 4. The number of halogens is 3. The van der Waals surface area contributed by atoms with Gasteiger partial charge in [0, 0.05) is 16.8 Å². The van der Waals surface area contributed by atoms with Gasteiger partial charge in [-0.2, -0.15) is 13.2 Å². The molecule has 0 spiro atoms. The fraction of sp³-hybridized carbons (Fsp3) is 0.222. The van der Waals surface area contributed by atoms with E-state index >= 15 is 0 Å². The molecular formula is C18H16F3N3S. The van der Waals surface area contributed by atoms with Gasteiger partial charge in [0.1, 0.15) is 10.6 Å². The lowest BCUT2D eigenvalue weighted by atomic mass is 10.0. The van der Waals surface area contributed by atoms with Gasteiger partial charge in [-0.1, -0.05) is 49.0 Å². The SMILES string of the molecule is CC1C=CC(Nc2ncc(C(F)(F)F)c(Sc3ccccc3)n2)=CC1. The highest BCUT2D eigenvalue weighted by molar-refractivity contribution is 7.99. The van der Waals surface area contributed by atoms with Crippen molar-refractivity contribution in [2.45, 2.75) is 29.4 Å². The summed E-state index contributed by atoms with van der Waals surface area (Å²) < 4.78 is 39.7. The zero-order valence-electron chi connectivity index (χ0n) is 13.4. The van der Waals surface area contributed by atoms with E-state index in [1.165, 1.54) is 0 Å². The first-order chi connectivity index (χ1) is 11.9. The van der Waals surface area contributed by atoms with E-state index < -0.39 is 11.7 Å². The lowest BCUT2D eigenvalue weighted by molar-refractivity contribution is -0.140. The fourth-order valence-corrected chi connectivity index (χ4v) is 3.18. The van der Waals surface area contributed by atoms with E-state index in [1.807, 2.05) is 24.3 Å². The van der Waals surface area contributed by atoms with Crippen LogP contribution in [0.2, 0.25) is 0 Å². The van der Waals surface area contributed by atoms with Gasteiger partial charge in [-0.25, -0.2) is 9.97 Å². The molecule has 1 aromatic heterocycles. The maximum absolute atomic E-state index is 13.2. The summed E-state index contributed by atoms with van der Waals surface area (Å²) in [5.41, 5.74) is -0.0535. The minimum atomic E-state index is -4.50. The Morgan fingerprint density at radius 2 is 1.96 bits per heavy atom. The summed E-state index contributed by atoms with van der Waals surface area (Å²) in [7, 11) is 0. The van der Waals surface area contributed by atoms with E-state index in [1.54, 1.807) is 24.3 Å². The van der Waals surface area contributed by atoms with Crippen molar-refractivity contribution in [2.24, 2.45) is 5.92 Å². The van der Waals surface area contributed by atoms with Gasteiger partial charge in [0.05, 0.1) is 0 Å². The largest absolute Gasteiger partial charge is 0.420 e. The third-order valence-electron chi connectivity index (χ3n) is 3.59. The minimum Gasteiger partial charge on any atom is -0.324 e. The normalized spacial score (nSPS) is 17.3. The first kappa shape index (κ1) is 17.5. The van der Waals surface area contributed by atoms with Crippen molar-refractivity contribution < 1.29 is 13.2 Å². The first-order valence-electron chi connectivity index (χ1n) is 7.74. The van der Waals surface area contributed by atoms with Crippen LogP contribution in [0.3, 0.4) is 0 Å². The fourth-order valence-electron chi connectivity index (χ4n) is 2.25. The average molecular weight is 363 g/mol. The smallest absolute Gasteiger partial charge is 0.324 e. The van der Waals surface area contributed by atoms with Crippen molar-refractivity contribution in [1.82, 2.24) is 9.97 Å². The highest BCUT2D eigenvalue weighted by atomic mass is 32.2. The highest BCUT2D eigenvalue weighted by Gasteiger charge is 2.35. The quantitative estimate of drug-likeness (QED) is 0.724. The zero-order chi connectivity index (χ0) is 17.9. The molecule has 0 aliphatic heterocycles. The summed E-state index contributed by atoms with van der Waals surface area (Å²) in [5.74, 6) is 0.597. The second kappa shape index (κ2) is 7.31. The molecule has 3 nitrogen and oxygen atoms in total. The van der Waals surface area contributed by atoms with Gasteiger partial charge in [-0.3, -0.25) is 0 Å². The molecule has 130 valence electrons. The molecule has 0 amide bonds. The summed E-state index contributed by atoms with van der Waals surface area (Å²) in [6.45, 7) is 2.09. The molecule has 1 atom stereocenters. The summed E-state index contributed by atoms with van der Waals surface area (Å²) in [6.07, 6.45) is 3.09. The first-order valence-corrected chi connectivity index (χ1v) is 8.56. The molecule has 0 saturated heterocycles. The second-order valence-corrected chi connectivity index (χ2v) is 6.74. The Hall–Kier alpha value is -2.28. The van der Waals surface area contributed by atoms with E-state index in [0.29, 0.717) is 10.8 Å². The number of nitrogens with one attached hydrogen (secondary N) is 1. The van der Waals surface area contributed by atoms with Crippen LogP contribution in [0, 0.1) is 5.92 Å². The maximum atomic E-state index is 13.2. The van der Waals surface area contributed by atoms with Crippen LogP contribution in [-0.2, 0) is 6.18 Å². The van der Waals surface area contributed by atoms with E-state index in [2.05, 4.69) is 22.2 Å². The summed E-state index contributed by atoms with van der Waals surface area (Å²) in [6, 6.07) is 8.84. The molecule has 0 saturated carbocycles. The van der Waals surface area contributed by atoms with E-state index in [9.17, 15) is 13.2 Å². The standard InChI is InChI=1S/C18H16F3N3S/c1-12-7-9-13(10-8-12)23-17-22-11-15(18(19,20)21)16(24-17)25-14-5-3-2-4-6-14/h2-7,9-12H,8H2,1H3,(H,22,23,24). The molecular weight excluding hydrogens is 347 g/mol. The second-order valence-electron chi connectivity index (χ2n) is 5.68. The third kappa shape index (κ3) is 4.63. The van der Waals surface area contributed by atoms with Crippen LogP contribution in [0.4, 0.5) is 19.1 Å². The van der Waals surface area contributed by atoms with Crippen LogP contribution < -0.4 is 5.32 Å². The van der Waals surface area contributed by atoms with E-state index in [0.717, 1.165) is 30.1 Å². The van der Waals surface area contributed by atoms with Gasteiger partial charge in [0.2, 0.25) is 5.95 Å². The summed E-state index contributed by atoms with van der Waals surface area (Å²) in [4.78, 5) is 8.61. The number of nitrogens with zero attached hydrogens (tertiary/aromatic N) is 2. The number of alkyl halides is 3. The van der Waals surface area contributed by atoms with Crippen LogP contribution in [-0.4, -0.2) is 9.97 Å². The maximum Gasteiger partial charge on any atom is 0.420 e. The third-order valence-corrected chi connectivity index (χ3v) is 4.60. The van der Waals surface area contributed by atoms with Crippen molar-refractivity contribution in [3.63, 3.8) is 0 Å². The lowest BCUT2D eigenvalue weighted by Gasteiger charge is -2.15. The topological polar surface area (TPSA) is 37.8 Å². The van der Waals surface area contributed by atoms with Gasteiger partial charge < -0.3 is 5.32 Å². The number of aromatic nitrogens is 2. The molecule has 1 N–H and O–H groups in total. The van der Waals surface area contributed by atoms with Crippen LogP contribution in [0.25, 0.3) is 0 Å². The average Bonchev–Trinajstić information content (AvgIpc) is 2.57. The Morgan fingerprint density at radius 1 is 1.20 bits per heavy atom. The van der Waals surface area contributed by atoms with Gasteiger partial charge in [-0.05, 0) is 30.5 Å². The van der Waals surface area contributed by atoms with Crippen molar-refractivity contribution in [1.29, 1.82) is 0 Å². The molecule has 1 heterocycles. The van der Waals surface area contributed by atoms with Crippen molar-refractivity contribution in [3.05, 3.63) is 66.0 Å². The number of anilines is 1. The van der Waals surface area contributed by atoms with Crippen LogP contribution in [0.15, 0.2) is 70.4 Å². The Kier molecular flexibility index (Phi) is 5.13. The highest BCUT2D eigenvalue weighted by Crippen LogP contribution is 2.38. The Labute approximate surface area is 148 Å². The van der Waals surface area contributed by atoms with Gasteiger partial charge in [0.25, 0.3) is 0 Å². The van der Waals surface area contributed by atoms with Crippen LogP contribution >= 0.6 is 11.8 Å². The molecule has 0 fully saturated rings. The van der Waals surface area contributed by atoms with Crippen LogP contribution in [0.5, 0.6) is 0 Å². The molecule has 1 aliphatic rings. The predicted octanol–water partition coefficient (Wildman–Crippen LogP) is 5.54. The molecule has 0 radical (unpaired) electrons. The van der Waals surface area contributed by atoms with Crippen molar-refractivity contribution in [3.8, 4) is 0 Å². The van der Waals surface area contributed by atoms with E-state index in [-0.39, 0.29) is 11.0 Å². The molecule has 1 unspecified atom stereocenters. The molecule has 25 heavy (non-hydrogen) atoms. The number of hydrogen-bond donors (Lipinski definition) is 1. The van der Waals surface area contributed by atoms with Gasteiger partial charge >= 0.3 is 6.18 Å². The number of benzene rings is 1.